The van der Waals surface area contributed by atoms with E-state index >= 15 is 0 Å². The van der Waals surface area contributed by atoms with E-state index in [9.17, 15) is 0 Å². The van der Waals surface area contributed by atoms with Crippen molar-refractivity contribution in [1.82, 2.24) is 20.0 Å². The lowest BCUT2D eigenvalue weighted by atomic mass is 9.90. The number of hydrogen-bond acceptors (Lipinski definition) is 3. The smallest absolute Gasteiger partial charge is 0.0764 e. The van der Waals surface area contributed by atoms with E-state index in [0.717, 1.165) is 19.0 Å². The summed E-state index contributed by atoms with van der Waals surface area (Å²) in [6.07, 6.45) is 8.45. The Bertz CT molecular complexity index is 393. The van der Waals surface area contributed by atoms with Gasteiger partial charge in [0.2, 0.25) is 0 Å². The van der Waals surface area contributed by atoms with Crippen molar-refractivity contribution in [3.8, 4) is 0 Å². The number of nitrogens with one attached hydrogen (secondary N) is 1. The van der Waals surface area contributed by atoms with Crippen LogP contribution in [-0.2, 0) is 6.54 Å². The zero-order chi connectivity index (χ0) is 14.5. The van der Waals surface area contributed by atoms with Crippen LogP contribution in [-0.4, -0.2) is 40.9 Å². The van der Waals surface area contributed by atoms with Gasteiger partial charge in [-0.3, -0.25) is 9.58 Å². The van der Waals surface area contributed by atoms with Crippen LogP contribution in [0.1, 0.15) is 57.7 Å². The Balaban J connectivity index is 1.85. The Hall–Kier alpha value is -0.870. The molecular weight excluding hydrogens is 248 g/mol. The lowest BCUT2D eigenvalue weighted by Crippen LogP contribution is -2.39. The minimum Gasteiger partial charge on any atom is -0.317 e. The highest BCUT2D eigenvalue weighted by molar-refractivity contribution is 5.00. The first kappa shape index (κ1) is 15.5. The first-order chi connectivity index (χ1) is 9.63. The van der Waals surface area contributed by atoms with Gasteiger partial charge in [-0.15, -0.1) is 0 Å². The fourth-order valence-electron chi connectivity index (χ4n) is 3.08. The zero-order valence-corrected chi connectivity index (χ0v) is 13.5. The van der Waals surface area contributed by atoms with Crippen molar-refractivity contribution in [2.45, 2.75) is 70.6 Å². The summed E-state index contributed by atoms with van der Waals surface area (Å²) in [6.45, 7) is 5.40. The number of hydrogen-bond donors (Lipinski definition) is 1. The molecule has 1 saturated carbocycles. The van der Waals surface area contributed by atoms with E-state index in [1.165, 1.54) is 31.4 Å². The average Bonchev–Trinajstić information content (AvgIpc) is 2.95. The van der Waals surface area contributed by atoms with E-state index in [1.807, 2.05) is 0 Å². The highest BCUT2D eigenvalue weighted by Crippen LogP contribution is 2.23. The molecular formula is C16H30N4. The van der Waals surface area contributed by atoms with E-state index in [1.54, 1.807) is 0 Å². The SMILES string of the molecule is CCC(C)n1ccc(CN(C)C2CCC(NC)CC2)n1. The second-order valence-corrected chi connectivity index (χ2v) is 6.25. The predicted molar refractivity (Wildman–Crippen MR) is 83.8 cm³/mol. The molecule has 4 nitrogen and oxygen atoms in total. The maximum absolute atomic E-state index is 4.71. The lowest BCUT2D eigenvalue weighted by Gasteiger charge is -2.34. The number of aromatic nitrogens is 2. The van der Waals surface area contributed by atoms with Gasteiger partial charge in [0.15, 0.2) is 0 Å². The summed E-state index contributed by atoms with van der Waals surface area (Å²) < 4.78 is 2.10. The molecule has 2 rings (SSSR count). The van der Waals surface area contributed by atoms with Crippen LogP contribution in [0.3, 0.4) is 0 Å². The van der Waals surface area contributed by atoms with Crippen molar-refractivity contribution in [1.29, 1.82) is 0 Å². The van der Waals surface area contributed by atoms with Crippen LogP contribution in [0.25, 0.3) is 0 Å². The quantitative estimate of drug-likeness (QED) is 0.868. The second-order valence-electron chi connectivity index (χ2n) is 6.25. The van der Waals surface area contributed by atoms with Crippen molar-refractivity contribution in [2.75, 3.05) is 14.1 Å². The minimum absolute atomic E-state index is 0.500. The highest BCUT2D eigenvalue weighted by Gasteiger charge is 2.23. The Morgan fingerprint density at radius 1 is 1.40 bits per heavy atom. The van der Waals surface area contributed by atoms with Gasteiger partial charge in [0.25, 0.3) is 0 Å². The zero-order valence-electron chi connectivity index (χ0n) is 13.5. The molecule has 4 heteroatoms. The molecule has 1 heterocycles. The molecule has 20 heavy (non-hydrogen) atoms. The van der Waals surface area contributed by atoms with Gasteiger partial charge in [-0.25, -0.2) is 0 Å². The van der Waals surface area contributed by atoms with Gasteiger partial charge in [0.1, 0.15) is 0 Å². The molecule has 0 amide bonds. The molecule has 0 saturated heterocycles. The topological polar surface area (TPSA) is 33.1 Å². The molecule has 1 fully saturated rings. The molecule has 1 N–H and O–H groups in total. The van der Waals surface area contributed by atoms with Crippen LogP contribution < -0.4 is 5.32 Å². The second kappa shape index (κ2) is 7.23. The van der Waals surface area contributed by atoms with Crippen molar-refractivity contribution < 1.29 is 0 Å². The third kappa shape index (κ3) is 3.83. The molecule has 1 aromatic heterocycles. The molecule has 1 aliphatic rings. The standard InChI is InChI=1S/C16H30N4/c1-5-13(2)20-11-10-15(18-20)12-19(4)16-8-6-14(17-3)7-9-16/h10-11,13-14,16-17H,5-9,12H2,1-4H3. The van der Waals surface area contributed by atoms with Crippen molar-refractivity contribution >= 4 is 0 Å². The van der Waals surface area contributed by atoms with E-state index in [0.29, 0.717) is 12.1 Å². The van der Waals surface area contributed by atoms with Gasteiger partial charge in [-0.05, 0) is 59.2 Å². The van der Waals surface area contributed by atoms with Crippen LogP contribution in [0.4, 0.5) is 0 Å². The van der Waals surface area contributed by atoms with E-state index in [-0.39, 0.29) is 0 Å². The molecule has 1 aliphatic carbocycles. The maximum Gasteiger partial charge on any atom is 0.0764 e. The summed E-state index contributed by atoms with van der Waals surface area (Å²) in [7, 11) is 4.32. The number of rotatable bonds is 6. The molecule has 1 aromatic rings. The summed E-state index contributed by atoms with van der Waals surface area (Å²) in [6, 6.07) is 4.11. The minimum atomic E-state index is 0.500. The van der Waals surface area contributed by atoms with Crippen molar-refractivity contribution in [3.63, 3.8) is 0 Å². The summed E-state index contributed by atoms with van der Waals surface area (Å²) in [5, 5.41) is 8.11. The molecule has 1 atom stereocenters. The Morgan fingerprint density at radius 2 is 2.10 bits per heavy atom. The van der Waals surface area contributed by atoms with Gasteiger partial charge in [0.05, 0.1) is 5.69 Å². The molecule has 0 radical (unpaired) electrons. The predicted octanol–water partition coefficient (Wildman–Crippen LogP) is 2.82. The third-order valence-corrected chi connectivity index (χ3v) is 4.85. The molecule has 0 aliphatic heterocycles. The summed E-state index contributed by atoms with van der Waals surface area (Å²) in [5.74, 6) is 0. The fourth-order valence-corrected chi connectivity index (χ4v) is 3.08. The van der Waals surface area contributed by atoms with Crippen LogP contribution >= 0.6 is 0 Å². The molecule has 114 valence electrons. The summed E-state index contributed by atoms with van der Waals surface area (Å²) >= 11 is 0. The Labute approximate surface area is 123 Å². The van der Waals surface area contributed by atoms with Gasteiger partial charge in [-0.1, -0.05) is 6.92 Å². The van der Waals surface area contributed by atoms with Crippen molar-refractivity contribution in [2.24, 2.45) is 0 Å². The highest BCUT2D eigenvalue weighted by atomic mass is 15.3. The lowest BCUT2D eigenvalue weighted by molar-refractivity contribution is 0.168. The summed E-state index contributed by atoms with van der Waals surface area (Å²) in [5.41, 5.74) is 1.20. The van der Waals surface area contributed by atoms with Gasteiger partial charge in [-0.2, -0.15) is 5.10 Å². The van der Waals surface area contributed by atoms with Crippen LogP contribution in [0.5, 0.6) is 0 Å². The average molecular weight is 278 g/mol. The van der Waals surface area contributed by atoms with E-state index in [4.69, 9.17) is 5.10 Å². The first-order valence-electron chi connectivity index (χ1n) is 8.05. The fraction of sp³-hybridized carbons (Fsp3) is 0.812. The van der Waals surface area contributed by atoms with Crippen LogP contribution in [0.15, 0.2) is 12.3 Å². The largest absolute Gasteiger partial charge is 0.317 e. The monoisotopic (exact) mass is 278 g/mol. The third-order valence-electron chi connectivity index (χ3n) is 4.85. The molecule has 0 aromatic carbocycles. The summed E-state index contributed by atoms with van der Waals surface area (Å²) in [4.78, 5) is 2.48. The van der Waals surface area contributed by atoms with E-state index < -0.39 is 0 Å². The van der Waals surface area contributed by atoms with Crippen molar-refractivity contribution in [3.05, 3.63) is 18.0 Å². The molecule has 0 spiro atoms. The first-order valence-corrected chi connectivity index (χ1v) is 8.05. The normalized spacial score (nSPS) is 25.1. The molecule has 1 unspecified atom stereocenters. The Morgan fingerprint density at radius 3 is 2.70 bits per heavy atom. The van der Waals surface area contributed by atoms with E-state index in [2.05, 4.69) is 55.1 Å². The molecule has 0 bridgehead atoms. The number of nitrogens with zero attached hydrogens (tertiary/aromatic N) is 3. The maximum atomic E-state index is 4.71. The van der Waals surface area contributed by atoms with Crippen LogP contribution in [0.2, 0.25) is 0 Å². The van der Waals surface area contributed by atoms with Gasteiger partial charge in [0, 0.05) is 30.9 Å². The van der Waals surface area contributed by atoms with Crippen LogP contribution in [0, 0.1) is 0 Å². The van der Waals surface area contributed by atoms with Gasteiger partial charge < -0.3 is 5.32 Å². The van der Waals surface area contributed by atoms with Gasteiger partial charge >= 0.3 is 0 Å². The Kier molecular flexibility index (Phi) is 5.61.